The Hall–Kier alpha value is -1.92. The number of carbonyl (C=O) groups is 2. The monoisotopic (exact) mass is 330 g/mol. The number of hydrogen-bond acceptors (Lipinski definition) is 4. The molecule has 128 valence electrons. The molecule has 0 bridgehead atoms. The molecule has 1 aromatic carbocycles. The highest BCUT2D eigenvalue weighted by Crippen LogP contribution is 2.32. The highest BCUT2D eigenvalue weighted by atomic mass is 16.7. The van der Waals surface area contributed by atoms with Crippen molar-refractivity contribution in [1.82, 2.24) is 4.90 Å². The summed E-state index contributed by atoms with van der Waals surface area (Å²) in [4.78, 5) is 26.4. The Kier molecular flexibility index (Phi) is 4.02. The zero-order valence-electron chi connectivity index (χ0n) is 13.6. The lowest BCUT2D eigenvalue weighted by atomic mass is 10.0. The molecule has 4 rings (SSSR count). The number of anilines is 1. The van der Waals surface area contributed by atoms with Gasteiger partial charge in [0.1, 0.15) is 0 Å². The molecule has 1 aromatic rings. The van der Waals surface area contributed by atoms with E-state index in [1.165, 1.54) is 0 Å². The van der Waals surface area contributed by atoms with Crippen LogP contribution in [0.1, 0.15) is 36.0 Å². The van der Waals surface area contributed by atoms with Gasteiger partial charge in [-0.15, -0.1) is 0 Å². The number of piperidine rings is 1. The Balaban J connectivity index is 1.40. The molecule has 0 radical (unpaired) electrons. The number of nitrogens with one attached hydrogen (secondary N) is 1. The number of nitrogens with zero attached hydrogens (tertiary/aromatic N) is 1. The summed E-state index contributed by atoms with van der Waals surface area (Å²) in [6.45, 7) is 2.52. The van der Waals surface area contributed by atoms with Gasteiger partial charge in [-0.1, -0.05) is 6.07 Å². The normalized spacial score (nSPS) is 22.6. The van der Waals surface area contributed by atoms with E-state index >= 15 is 0 Å². The molecule has 0 aromatic heterocycles. The number of rotatable bonds is 3. The van der Waals surface area contributed by atoms with E-state index in [1.807, 2.05) is 17.0 Å². The Labute approximate surface area is 141 Å². The molecule has 2 aliphatic heterocycles. The quantitative estimate of drug-likeness (QED) is 0.921. The third-order valence-electron chi connectivity index (χ3n) is 4.95. The van der Waals surface area contributed by atoms with Crippen molar-refractivity contribution >= 4 is 17.5 Å². The summed E-state index contributed by atoms with van der Waals surface area (Å²) in [5, 5.41) is 2.89. The molecule has 1 N–H and O–H groups in total. The summed E-state index contributed by atoms with van der Waals surface area (Å²) in [7, 11) is 0. The minimum Gasteiger partial charge on any atom is -0.347 e. The molecule has 24 heavy (non-hydrogen) atoms. The van der Waals surface area contributed by atoms with Crippen LogP contribution in [0.4, 0.5) is 5.69 Å². The fourth-order valence-electron chi connectivity index (χ4n) is 3.34. The van der Waals surface area contributed by atoms with Crippen molar-refractivity contribution in [3.63, 3.8) is 0 Å². The molecule has 1 spiro atoms. The Morgan fingerprint density at radius 1 is 1.12 bits per heavy atom. The molecule has 2 saturated heterocycles. The molecule has 0 unspecified atom stereocenters. The van der Waals surface area contributed by atoms with Gasteiger partial charge in [0.25, 0.3) is 5.91 Å². The zero-order valence-corrected chi connectivity index (χ0v) is 13.6. The molecule has 6 heteroatoms. The molecule has 0 atom stereocenters. The fourth-order valence-corrected chi connectivity index (χ4v) is 3.34. The molecule has 3 aliphatic rings. The van der Waals surface area contributed by atoms with E-state index in [-0.39, 0.29) is 17.7 Å². The van der Waals surface area contributed by atoms with E-state index < -0.39 is 5.79 Å². The lowest BCUT2D eigenvalue weighted by molar-refractivity contribution is -0.181. The van der Waals surface area contributed by atoms with E-state index in [9.17, 15) is 9.59 Å². The third kappa shape index (κ3) is 3.16. The maximum Gasteiger partial charge on any atom is 0.253 e. The number of amides is 2. The maximum absolute atomic E-state index is 12.7. The lowest BCUT2D eigenvalue weighted by Gasteiger charge is -2.37. The van der Waals surface area contributed by atoms with Crippen molar-refractivity contribution in [3.05, 3.63) is 29.8 Å². The van der Waals surface area contributed by atoms with E-state index in [0.29, 0.717) is 50.4 Å². The Morgan fingerprint density at radius 3 is 2.50 bits per heavy atom. The molecular weight excluding hydrogens is 308 g/mol. The van der Waals surface area contributed by atoms with Gasteiger partial charge in [0.15, 0.2) is 5.79 Å². The minimum atomic E-state index is -0.475. The maximum atomic E-state index is 12.7. The molecular formula is C18H22N2O4. The first-order valence-corrected chi connectivity index (χ1v) is 8.63. The summed E-state index contributed by atoms with van der Waals surface area (Å²) in [6, 6.07) is 7.18. The summed E-state index contributed by atoms with van der Waals surface area (Å²) in [5.41, 5.74) is 1.29. The Morgan fingerprint density at radius 2 is 1.83 bits per heavy atom. The van der Waals surface area contributed by atoms with Gasteiger partial charge >= 0.3 is 0 Å². The topological polar surface area (TPSA) is 67.9 Å². The van der Waals surface area contributed by atoms with Crippen LogP contribution >= 0.6 is 0 Å². The average Bonchev–Trinajstić information content (AvgIpc) is 3.37. The largest absolute Gasteiger partial charge is 0.347 e. The van der Waals surface area contributed by atoms with Gasteiger partial charge in [-0.25, -0.2) is 0 Å². The number of benzene rings is 1. The van der Waals surface area contributed by atoms with Crippen molar-refractivity contribution in [2.75, 3.05) is 31.6 Å². The van der Waals surface area contributed by atoms with Gasteiger partial charge in [-0.2, -0.15) is 0 Å². The van der Waals surface area contributed by atoms with E-state index in [0.717, 1.165) is 12.8 Å². The fraction of sp³-hybridized carbons (Fsp3) is 0.556. The van der Waals surface area contributed by atoms with Crippen LogP contribution in [0.3, 0.4) is 0 Å². The summed E-state index contributed by atoms with van der Waals surface area (Å²) in [5.74, 6) is -0.286. The molecule has 2 heterocycles. The van der Waals surface area contributed by atoms with Crippen LogP contribution in [-0.4, -0.2) is 48.8 Å². The van der Waals surface area contributed by atoms with E-state index in [1.54, 1.807) is 12.1 Å². The van der Waals surface area contributed by atoms with Crippen molar-refractivity contribution in [2.24, 2.45) is 5.92 Å². The molecule has 3 fully saturated rings. The minimum absolute atomic E-state index is 0.00892. The summed E-state index contributed by atoms with van der Waals surface area (Å²) in [6.07, 6.45) is 3.34. The first-order valence-electron chi connectivity index (χ1n) is 8.63. The standard InChI is InChI=1S/C18H22N2O4/c21-16(13-4-5-13)19-15-3-1-2-14(12-15)17(22)20-8-6-18(7-9-20)23-10-11-24-18/h1-3,12-13H,4-11H2,(H,19,21). The van der Waals surface area contributed by atoms with Crippen LogP contribution in [0, 0.1) is 5.92 Å². The average molecular weight is 330 g/mol. The summed E-state index contributed by atoms with van der Waals surface area (Å²) < 4.78 is 11.4. The van der Waals surface area contributed by atoms with Crippen LogP contribution in [0.2, 0.25) is 0 Å². The number of likely N-dealkylation sites (tertiary alicyclic amines) is 1. The van der Waals surface area contributed by atoms with Crippen molar-refractivity contribution in [1.29, 1.82) is 0 Å². The number of carbonyl (C=O) groups excluding carboxylic acids is 2. The third-order valence-corrected chi connectivity index (χ3v) is 4.95. The lowest BCUT2D eigenvalue weighted by Crippen LogP contribution is -2.47. The van der Waals surface area contributed by atoms with Crippen LogP contribution in [-0.2, 0) is 14.3 Å². The molecule has 2 amide bonds. The van der Waals surface area contributed by atoms with Gasteiger partial charge in [-0.05, 0) is 31.0 Å². The Bertz CT molecular complexity index is 640. The second-order valence-electron chi connectivity index (χ2n) is 6.74. The van der Waals surface area contributed by atoms with Gasteiger partial charge in [0.05, 0.1) is 13.2 Å². The van der Waals surface area contributed by atoms with E-state index in [2.05, 4.69) is 5.32 Å². The summed E-state index contributed by atoms with van der Waals surface area (Å²) >= 11 is 0. The number of ether oxygens (including phenoxy) is 2. The van der Waals surface area contributed by atoms with Crippen LogP contribution in [0.5, 0.6) is 0 Å². The first kappa shape index (κ1) is 15.6. The van der Waals surface area contributed by atoms with Crippen LogP contribution < -0.4 is 5.32 Å². The molecule has 1 aliphatic carbocycles. The van der Waals surface area contributed by atoms with Gasteiger partial charge in [0, 0.05) is 43.1 Å². The highest BCUT2D eigenvalue weighted by molar-refractivity contribution is 5.98. The van der Waals surface area contributed by atoms with Crippen molar-refractivity contribution < 1.29 is 19.1 Å². The smallest absolute Gasteiger partial charge is 0.253 e. The molecule has 1 saturated carbocycles. The SMILES string of the molecule is O=C(Nc1cccc(C(=O)N2CCC3(CC2)OCCO3)c1)C1CC1. The molecule has 6 nitrogen and oxygen atoms in total. The second kappa shape index (κ2) is 6.18. The van der Waals surface area contributed by atoms with Crippen LogP contribution in [0.15, 0.2) is 24.3 Å². The van der Waals surface area contributed by atoms with Crippen molar-refractivity contribution in [2.45, 2.75) is 31.5 Å². The highest BCUT2D eigenvalue weighted by Gasteiger charge is 2.40. The van der Waals surface area contributed by atoms with Gasteiger partial charge in [-0.3, -0.25) is 9.59 Å². The van der Waals surface area contributed by atoms with Gasteiger partial charge in [0.2, 0.25) is 5.91 Å². The van der Waals surface area contributed by atoms with Gasteiger partial charge < -0.3 is 19.7 Å². The predicted molar refractivity (Wildman–Crippen MR) is 87.6 cm³/mol. The van der Waals surface area contributed by atoms with Crippen LogP contribution in [0.25, 0.3) is 0 Å². The predicted octanol–water partition coefficient (Wildman–Crippen LogP) is 2.01. The zero-order chi connectivity index (χ0) is 16.6. The van der Waals surface area contributed by atoms with E-state index in [4.69, 9.17) is 9.47 Å². The second-order valence-corrected chi connectivity index (χ2v) is 6.74. The first-order chi connectivity index (χ1) is 11.7. The van der Waals surface area contributed by atoms with Crippen molar-refractivity contribution in [3.8, 4) is 0 Å². The number of hydrogen-bond donors (Lipinski definition) is 1.